The maximum atomic E-state index is 13.2. The molecule has 7 heteroatoms. The normalized spacial score (nSPS) is 11.3. The number of carbonyl (C=O) groups excluding carboxylic acids is 1. The second kappa shape index (κ2) is 5.62. The first-order valence-corrected chi connectivity index (χ1v) is 4.50. The zero-order chi connectivity index (χ0) is 12.9. The van der Waals surface area contributed by atoms with Gasteiger partial charge in [0.2, 0.25) is 0 Å². The predicted octanol–water partition coefficient (Wildman–Crippen LogP) is 2.55. The molecule has 0 saturated carbocycles. The Morgan fingerprint density at radius 2 is 1.94 bits per heavy atom. The van der Waals surface area contributed by atoms with Crippen LogP contribution in [0, 0.1) is 5.82 Å². The van der Waals surface area contributed by atoms with E-state index >= 15 is 0 Å². The number of alkyl halides is 3. The molecule has 0 saturated heterocycles. The molecule has 0 unspecified atom stereocenters. The van der Waals surface area contributed by atoms with Gasteiger partial charge in [0.1, 0.15) is 12.9 Å². The van der Waals surface area contributed by atoms with Crippen LogP contribution in [0.1, 0.15) is 10.4 Å². The maximum Gasteiger partial charge on any atom is 0.522 e. The molecule has 1 aromatic carbocycles. The third-order valence-corrected chi connectivity index (χ3v) is 1.70. The van der Waals surface area contributed by atoms with Crippen molar-refractivity contribution in [1.29, 1.82) is 0 Å². The maximum absolute atomic E-state index is 13.2. The van der Waals surface area contributed by atoms with E-state index in [1.54, 1.807) is 0 Å². The molecule has 0 aliphatic heterocycles. The predicted molar refractivity (Wildman–Crippen MR) is 49.3 cm³/mol. The lowest BCUT2D eigenvalue weighted by Gasteiger charge is -2.09. The third kappa shape index (κ3) is 4.81. The zero-order valence-corrected chi connectivity index (χ0v) is 8.46. The number of benzene rings is 1. The van der Waals surface area contributed by atoms with Crippen molar-refractivity contribution < 1.29 is 31.8 Å². The second-order valence-electron chi connectivity index (χ2n) is 2.95. The van der Waals surface area contributed by atoms with Crippen LogP contribution < -0.4 is 4.74 Å². The fourth-order valence-corrected chi connectivity index (χ4v) is 1.02. The Labute approximate surface area is 93.9 Å². The summed E-state index contributed by atoms with van der Waals surface area (Å²) in [7, 11) is 0. The lowest BCUT2D eigenvalue weighted by Crippen LogP contribution is -2.18. The molecule has 0 aliphatic carbocycles. The van der Waals surface area contributed by atoms with Crippen molar-refractivity contribution in [3.63, 3.8) is 0 Å². The van der Waals surface area contributed by atoms with E-state index in [2.05, 4.69) is 4.74 Å². The molecule has 0 heterocycles. The van der Waals surface area contributed by atoms with Gasteiger partial charge in [0.25, 0.3) is 0 Å². The molecule has 0 bridgehead atoms. The number of aldehydes is 1. The molecular weight excluding hydrogens is 244 g/mol. The minimum absolute atomic E-state index is 0.112. The van der Waals surface area contributed by atoms with Crippen molar-refractivity contribution in [3.05, 3.63) is 29.6 Å². The average Bonchev–Trinajstić information content (AvgIpc) is 2.24. The van der Waals surface area contributed by atoms with Gasteiger partial charge in [-0.2, -0.15) is 0 Å². The van der Waals surface area contributed by atoms with Crippen LogP contribution in [0.4, 0.5) is 17.6 Å². The summed E-state index contributed by atoms with van der Waals surface area (Å²) < 4.78 is 56.0. The van der Waals surface area contributed by atoms with Gasteiger partial charge in [0.05, 0.1) is 6.61 Å². The summed E-state index contributed by atoms with van der Waals surface area (Å²) in [6.45, 7) is -1.19. The van der Waals surface area contributed by atoms with Crippen molar-refractivity contribution in [1.82, 2.24) is 0 Å². The highest BCUT2D eigenvalue weighted by atomic mass is 19.4. The monoisotopic (exact) mass is 252 g/mol. The highest BCUT2D eigenvalue weighted by Gasteiger charge is 2.28. The van der Waals surface area contributed by atoms with E-state index in [1.165, 1.54) is 6.07 Å². The van der Waals surface area contributed by atoms with Gasteiger partial charge in [-0.3, -0.25) is 9.53 Å². The van der Waals surface area contributed by atoms with Crippen LogP contribution in [0.2, 0.25) is 0 Å². The quantitative estimate of drug-likeness (QED) is 0.459. The van der Waals surface area contributed by atoms with E-state index in [0.29, 0.717) is 6.29 Å². The second-order valence-corrected chi connectivity index (χ2v) is 2.95. The van der Waals surface area contributed by atoms with Gasteiger partial charge in [-0.25, -0.2) is 4.39 Å². The Bertz CT molecular complexity index is 390. The fourth-order valence-electron chi connectivity index (χ4n) is 1.02. The highest BCUT2D eigenvalue weighted by molar-refractivity contribution is 5.74. The van der Waals surface area contributed by atoms with Crippen LogP contribution in [0.3, 0.4) is 0 Å². The smallest absolute Gasteiger partial charge is 0.488 e. The van der Waals surface area contributed by atoms with Crippen molar-refractivity contribution in [2.45, 2.75) is 6.36 Å². The van der Waals surface area contributed by atoms with Crippen LogP contribution in [0.5, 0.6) is 5.75 Å². The van der Waals surface area contributed by atoms with Crippen LogP contribution in [-0.4, -0.2) is 25.9 Å². The Morgan fingerprint density at radius 3 is 2.47 bits per heavy atom. The molecule has 94 valence electrons. The molecular formula is C10H8F4O3. The summed E-state index contributed by atoms with van der Waals surface area (Å²) >= 11 is 0. The number of rotatable bonds is 5. The van der Waals surface area contributed by atoms with Crippen LogP contribution in [0.15, 0.2) is 18.2 Å². The SMILES string of the molecule is O=Cc1ccc(OCCOC(F)(F)F)c(F)c1. The number of hydrogen-bond donors (Lipinski definition) is 0. The van der Waals surface area contributed by atoms with Crippen LogP contribution >= 0.6 is 0 Å². The molecule has 1 aromatic rings. The molecule has 0 N–H and O–H groups in total. The van der Waals surface area contributed by atoms with Gasteiger partial charge in [0, 0.05) is 5.56 Å². The number of halogens is 4. The van der Waals surface area contributed by atoms with Crippen molar-refractivity contribution in [3.8, 4) is 5.75 Å². The zero-order valence-electron chi connectivity index (χ0n) is 8.46. The summed E-state index contributed by atoms with van der Waals surface area (Å²) in [5.41, 5.74) is 0.112. The van der Waals surface area contributed by atoms with E-state index in [4.69, 9.17) is 4.74 Å². The first kappa shape index (κ1) is 13.4. The average molecular weight is 252 g/mol. The van der Waals surface area contributed by atoms with Crippen LogP contribution in [-0.2, 0) is 4.74 Å². The summed E-state index contributed by atoms with van der Waals surface area (Å²) in [5.74, 6) is -1.05. The molecule has 0 spiro atoms. The fraction of sp³-hybridized carbons (Fsp3) is 0.300. The molecule has 1 rings (SSSR count). The molecule has 0 aliphatic rings. The topological polar surface area (TPSA) is 35.5 Å². The first-order chi connectivity index (χ1) is 7.92. The van der Waals surface area contributed by atoms with Gasteiger partial charge in [-0.15, -0.1) is 13.2 Å². The van der Waals surface area contributed by atoms with E-state index in [-0.39, 0.29) is 11.3 Å². The minimum atomic E-state index is -4.73. The summed E-state index contributed by atoms with van der Waals surface area (Å²) in [6.07, 6.45) is -4.29. The Kier molecular flexibility index (Phi) is 4.45. The molecule has 0 aromatic heterocycles. The van der Waals surface area contributed by atoms with E-state index in [0.717, 1.165) is 12.1 Å². The standard InChI is InChI=1S/C10H8F4O3/c11-8-5-7(6-15)1-2-9(8)16-3-4-17-10(12,13)14/h1-2,5-6H,3-4H2. The van der Waals surface area contributed by atoms with E-state index < -0.39 is 25.4 Å². The lowest BCUT2D eigenvalue weighted by molar-refractivity contribution is -0.325. The van der Waals surface area contributed by atoms with Crippen molar-refractivity contribution >= 4 is 6.29 Å². The summed E-state index contributed by atoms with van der Waals surface area (Å²) in [6, 6.07) is 3.37. The van der Waals surface area contributed by atoms with E-state index in [1.807, 2.05) is 0 Å². The van der Waals surface area contributed by atoms with Gasteiger partial charge in [-0.05, 0) is 18.2 Å². The van der Waals surface area contributed by atoms with Gasteiger partial charge in [-0.1, -0.05) is 0 Å². The van der Waals surface area contributed by atoms with Gasteiger partial charge >= 0.3 is 6.36 Å². The Morgan fingerprint density at radius 1 is 1.24 bits per heavy atom. The molecule has 0 fully saturated rings. The molecule has 0 amide bonds. The lowest BCUT2D eigenvalue weighted by atomic mass is 10.2. The van der Waals surface area contributed by atoms with E-state index in [9.17, 15) is 22.4 Å². The Hall–Kier alpha value is -1.63. The number of ether oxygens (including phenoxy) is 2. The summed E-state index contributed by atoms with van der Waals surface area (Å²) in [4.78, 5) is 10.3. The largest absolute Gasteiger partial charge is 0.522 e. The first-order valence-electron chi connectivity index (χ1n) is 4.50. The molecule has 3 nitrogen and oxygen atoms in total. The third-order valence-electron chi connectivity index (χ3n) is 1.70. The van der Waals surface area contributed by atoms with Gasteiger partial charge in [0.15, 0.2) is 11.6 Å². The minimum Gasteiger partial charge on any atom is -0.488 e. The highest BCUT2D eigenvalue weighted by Crippen LogP contribution is 2.18. The van der Waals surface area contributed by atoms with Crippen molar-refractivity contribution in [2.75, 3.05) is 13.2 Å². The molecule has 0 atom stereocenters. The van der Waals surface area contributed by atoms with Crippen molar-refractivity contribution in [2.24, 2.45) is 0 Å². The van der Waals surface area contributed by atoms with Crippen LogP contribution in [0.25, 0.3) is 0 Å². The summed E-state index contributed by atoms with van der Waals surface area (Å²) in [5, 5.41) is 0. The molecule has 17 heavy (non-hydrogen) atoms. The number of carbonyl (C=O) groups is 1. The van der Waals surface area contributed by atoms with Gasteiger partial charge < -0.3 is 4.74 Å². The number of hydrogen-bond acceptors (Lipinski definition) is 3. The Balaban J connectivity index is 2.44. The molecule has 0 radical (unpaired) electrons.